The van der Waals surface area contributed by atoms with Gasteiger partial charge < -0.3 is 24.3 Å². The average molecular weight is 526 g/mol. The standard InChI is InChI=1S/C30H39NO7/c1-5-35-27(33)29(31-22(3)32,28(34)36-6-2)21-19-25-15-17-26(18-16-25)30(37-23(4)38-30)20-11-10-14-24-12-8-7-9-13-24/h7-9,12-13,15-18,23H,5-6,10-11,14,19-21H2,1-4H3,(H,31,32). The molecule has 0 saturated carbocycles. The summed E-state index contributed by atoms with van der Waals surface area (Å²) >= 11 is 0. The van der Waals surface area contributed by atoms with Crippen molar-refractivity contribution in [1.29, 1.82) is 0 Å². The smallest absolute Gasteiger partial charge is 0.343 e. The van der Waals surface area contributed by atoms with E-state index >= 15 is 0 Å². The van der Waals surface area contributed by atoms with E-state index in [-0.39, 0.29) is 25.9 Å². The Morgan fingerprint density at radius 3 is 1.97 bits per heavy atom. The van der Waals surface area contributed by atoms with Gasteiger partial charge in [0.05, 0.1) is 13.2 Å². The van der Waals surface area contributed by atoms with Gasteiger partial charge in [0.2, 0.25) is 11.4 Å². The lowest BCUT2D eigenvalue weighted by Crippen LogP contribution is -2.61. The van der Waals surface area contributed by atoms with Crippen LogP contribution in [0.1, 0.15) is 70.1 Å². The second kappa shape index (κ2) is 13.5. The molecular weight excluding hydrogens is 486 g/mol. The van der Waals surface area contributed by atoms with Crippen LogP contribution in [0.5, 0.6) is 0 Å². The number of nitrogens with one attached hydrogen (secondary N) is 1. The molecule has 0 bridgehead atoms. The van der Waals surface area contributed by atoms with Crippen LogP contribution in [-0.4, -0.2) is 42.9 Å². The molecule has 1 N–H and O–H groups in total. The molecule has 0 aromatic heterocycles. The lowest BCUT2D eigenvalue weighted by molar-refractivity contribution is -0.458. The van der Waals surface area contributed by atoms with E-state index in [1.54, 1.807) is 13.8 Å². The number of aryl methyl sites for hydroxylation is 2. The van der Waals surface area contributed by atoms with Gasteiger partial charge in [-0.05, 0) is 64.0 Å². The van der Waals surface area contributed by atoms with E-state index in [4.69, 9.17) is 18.9 Å². The van der Waals surface area contributed by atoms with E-state index in [2.05, 4.69) is 29.6 Å². The molecule has 0 aliphatic carbocycles. The first-order valence-electron chi connectivity index (χ1n) is 13.4. The zero-order valence-electron chi connectivity index (χ0n) is 22.8. The minimum absolute atomic E-state index is 0.00173. The van der Waals surface area contributed by atoms with Gasteiger partial charge >= 0.3 is 11.9 Å². The number of amides is 1. The molecule has 0 atom stereocenters. The van der Waals surface area contributed by atoms with Gasteiger partial charge in [0, 0.05) is 18.9 Å². The Morgan fingerprint density at radius 1 is 0.868 bits per heavy atom. The first kappa shape index (κ1) is 29.3. The third kappa shape index (κ3) is 7.20. The summed E-state index contributed by atoms with van der Waals surface area (Å²) in [5, 5.41) is 2.50. The molecule has 8 nitrogen and oxygen atoms in total. The van der Waals surface area contributed by atoms with Crippen molar-refractivity contribution in [3.63, 3.8) is 0 Å². The molecule has 206 valence electrons. The molecule has 1 fully saturated rings. The summed E-state index contributed by atoms with van der Waals surface area (Å²) in [5.41, 5.74) is 1.20. The number of carbonyl (C=O) groups excluding carboxylic acids is 3. The number of unbranched alkanes of at least 4 members (excludes halogenated alkanes) is 1. The highest BCUT2D eigenvalue weighted by atomic mass is 16.9. The van der Waals surface area contributed by atoms with Gasteiger partial charge in [0.25, 0.3) is 0 Å². The Hall–Kier alpha value is -3.23. The van der Waals surface area contributed by atoms with E-state index in [1.807, 2.05) is 37.3 Å². The van der Waals surface area contributed by atoms with E-state index in [9.17, 15) is 14.4 Å². The van der Waals surface area contributed by atoms with Crippen LogP contribution in [0.25, 0.3) is 0 Å². The SMILES string of the molecule is CCOC(=O)C(CCc1ccc(C2(CCCCc3ccccc3)OC(C)O2)cc1)(NC(C)=O)C(=O)OCC. The Balaban J connectivity index is 1.68. The first-order valence-corrected chi connectivity index (χ1v) is 13.4. The summed E-state index contributed by atoms with van der Waals surface area (Å²) in [5.74, 6) is -2.95. The van der Waals surface area contributed by atoms with E-state index in [0.717, 1.165) is 36.8 Å². The number of hydrogen-bond donors (Lipinski definition) is 1. The summed E-state index contributed by atoms with van der Waals surface area (Å²) in [7, 11) is 0. The molecule has 0 spiro atoms. The van der Waals surface area contributed by atoms with Crippen LogP contribution in [0.15, 0.2) is 54.6 Å². The first-order chi connectivity index (χ1) is 18.2. The monoisotopic (exact) mass is 525 g/mol. The highest BCUT2D eigenvalue weighted by Crippen LogP contribution is 2.43. The number of carbonyl (C=O) groups is 3. The van der Waals surface area contributed by atoms with Gasteiger partial charge in [-0.2, -0.15) is 0 Å². The number of ether oxygens (including phenoxy) is 4. The van der Waals surface area contributed by atoms with E-state index in [0.29, 0.717) is 6.42 Å². The molecule has 1 saturated heterocycles. The molecule has 8 heteroatoms. The third-order valence-electron chi connectivity index (χ3n) is 6.60. The third-order valence-corrected chi connectivity index (χ3v) is 6.60. The van der Waals surface area contributed by atoms with Gasteiger partial charge in [-0.1, -0.05) is 54.6 Å². The summed E-state index contributed by atoms with van der Waals surface area (Å²) < 4.78 is 22.5. The Kier molecular flexibility index (Phi) is 10.4. The minimum Gasteiger partial charge on any atom is -0.464 e. The largest absolute Gasteiger partial charge is 0.464 e. The van der Waals surface area contributed by atoms with Crippen LogP contribution >= 0.6 is 0 Å². The van der Waals surface area contributed by atoms with Crippen LogP contribution in [-0.2, 0) is 52.0 Å². The highest BCUT2D eigenvalue weighted by Gasteiger charge is 2.50. The number of rotatable bonds is 14. The summed E-state index contributed by atoms with van der Waals surface area (Å²) in [6.45, 7) is 6.55. The van der Waals surface area contributed by atoms with Crippen LogP contribution < -0.4 is 5.32 Å². The van der Waals surface area contributed by atoms with E-state index < -0.39 is 29.2 Å². The minimum atomic E-state index is -1.91. The van der Waals surface area contributed by atoms with Crippen LogP contribution in [0.4, 0.5) is 0 Å². The second-order valence-electron chi connectivity index (χ2n) is 9.47. The molecule has 2 aromatic carbocycles. The van der Waals surface area contributed by atoms with Gasteiger partial charge in [-0.3, -0.25) is 4.79 Å². The zero-order valence-corrected chi connectivity index (χ0v) is 22.8. The molecule has 1 aliphatic rings. The number of hydrogen-bond acceptors (Lipinski definition) is 7. The zero-order chi connectivity index (χ0) is 27.6. The highest BCUT2D eigenvalue weighted by molar-refractivity contribution is 6.07. The predicted molar refractivity (Wildman–Crippen MR) is 142 cm³/mol. The fourth-order valence-electron chi connectivity index (χ4n) is 4.79. The van der Waals surface area contributed by atoms with Crippen molar-refractivity contribution in [2.75, 3.05) is 13.2 Å². The van der Waals surface area contributed by atoms with Gasteiger partial charge in [-0.15, -0.1) is 0 Å². The van der Waals surface area contributed by atoms with Crippen molar-refractivity contribution in [3.05, 3.63) is 71.3 Å². The van der Waals surface area contributed by atoms with E-state index in [1.165, 1.54) is 12.5 Å². The molecule has 1 amide bonds. The van der Waals surface area contributed by atoms with Crippen molar-refractivity contribution in [3.8, 4) is 0 Å². The predicted octanol–water partition coefficient (Wildman–Crippen LogP) is 4.58. The lowest BCUT2D eigenvalue weighted by Gasteiger charge is -2.46. The van der Waals surface area contributed by atoms with Crippen molar-refractivity contribution >= 4 is 17.8 Å². The van der Waals surface area contributed by atoms with Crippen LogP contribution in [0.3, 0.4) is 0 Å². The van der Waals surface area contributed by atoms with Crippen LogP contribution in [0, 0.1) is 0 Å². The Bertz CT molecular complexity index is 1040. The van der Waals surface area contributed by atoms with Gasteiger partial charge in [0.1, 0.15) is 0 Å². The molecule has 0 radical (unpaired) electrons. The normalized spacial score (nSPS) is 18.8. The Morgan fingerprint density at radius 2 is 1.45 bits per heavy atom. The maximum absolute atomic E-state index is 12.8. The molecule has 1 aliphatic heterocycles. The fourth-order valence-corrected chi connectivity index (χ4v) is 4.79. The summed E-state index contributed by atoms with van der Waals surface area (Å²) in [6.07, 6.45) is 3.78. The second-order valence-corrected chi connectivity index (χ2v) is 9.47. The average Bonchev–Trinajstić information content (AvgIpc) is 2.88. The van der Waals surface area contributed by atoms with Crippen molar-refractivity contribution in [2.24, 2.45) is 0 Å². The summed E-state index contributed by atoms with van der Waals surface area (Å²) in [4.78, 5) is 37.6. The maximum atomic E-state index is 12.8. The van der Waals surface area contributed by atoms with Gasteiger partial charge in [0.15, 0.2) is 12.1 Å². The molecular formula is C30H39NO7. The molecule has 0 unspecified atom stereocenters. The maximum Gasteiger partial charge on any atom is 0.343 e. The topological polar surface area (TPSA) is 100 Å². The lowest BCUT2D eigenvalue weighted by atomic mass is 9.89. The summed E-state index contributed by atoms with van der Waals surface area (Å²) in [6, 6.07) is 18.1. The number of benzene rings is 2. The fraction of sp³-hybridized carbons (Fsp3) is 0.500. The van der Waals surface area contributed by atoms with Crippen molar-refractivity contribution in [2.45, 2.75) is 83.8 Å². The molecule has 2 aromatic rings. The quantitative estimate of drug-likeness (QED) is 0.219. The van der Waals surface area contributed by atoms with Crippen molar-refractivity contribution in [1.82, 2.24) is 5.32 Å². The Labute approximate surface area is 225 Å². The molecule has 38 heavy (non-hydrogen) atoms. The molecule has 1 heterocycles. The van der Waals surface area contributed by atoms with Gasteiger partial charge in [-0.25, -0.2) is 9.59 Å². The molecule has 3 rings (SSSR count). The number of esters is 2. The van der Waals surface area contributed by atoms with Crippen LogP contribution in [0.2, 0.25) is 0 Å². The van der Waals surface area contributed by atoms with Crippen molar-refractivity contribution < 1.29 is 33.3 Å².